The minimum atomic E-state index is -3.22. The van der Waals surface area contributed by atoms with Gasteiger partial charge in [-0.15, -0.1) is 0 Å². The van der Waals surface area contributed by atoms with E-state index in [4.69, 9.17) is 27.9 Å². The summed E-state index contributed by atoms with van der Waals surface area (Å²) in [5, 5.41) is 11.0. The molecule has 194 valence electrons. The predicted octanol–water partition coefficient (Wildman–Crippen LogP) is 6.77. The molecule has 1 heterocycles. The van der Waals surface area contributed by atoms with Crippen LogP contribution in [0.4, 0.5) is 0 Å². The molecule has 0 atom stereocenters. The van der Waals surface area contributed by atoms with E-state index in [-0.39, 0.29) is 18.2 Å². The topological polar surface area (TPSA) is 92.9 Å². The van der Waals surface area contributed by atoms with E-state index < -0.39 is 15.3 Å². The molecule has 0 amide bonds. The number of sulfone groups is 1. The van der Waals surface area contributed by atoms with Gasteiger partial charge >= 0.3 is 0 Å². The Labute approximate surface area is 232 Å². The van der Waals surface area contributed by atoms with Crippen molar-refractivity contribution in [2.75, 3.05) is 6.26 Å². The second kappa shape index (κ2) is 11.1. The van der Waals surface area contributed by atoms with Gasteiger partial charge in [-0.25, -0.2) is 18.4 Å². The van der Waals surface area contributed by atoms with Crippen molar-refractivity contribution in [3.05, 3.63) is 111 Å². The highest BCUT2D eigenvalue weighted by Crippen LogP contribution is 2.39. The zero-order valence-corrected chi connectivity index (χ0v) is 23.4. The Morgan fingerprint density at radius 2 is 1.66 bits per heavy atom. The van der Waals surface area contributed by atoms with E-state index in [2.05, 4.69) is 29.9 Å². The number of benzene rings is 3. The molecule has 0 aliphatic heterocycles. The van der Waals surface area contributed by atoms with Crippen LogP contribution in [0.1, 0.15) is 42.1 Å². The van der Waals surface area contributed by atoms with Crippen LogP contribution in [0.5, 0.6) is 5.75 Å². The van der Waals surface area contributed by atoms with Crippen LogP contribution in [0.3, 0.4) is 0 Å². The third kappa shape index (κ3) is 6.51. The summed E-state index contributed by atoms with van der Waals surface area (Å²) in [6.07, 6.45) is 2.67. The summed E-state index contributed by atoms with van der Waals surface area (Å²) < 4.78 is 28.9. The highest BCUT2D eigenvalue weighted by atomic mass is 35.5. The van der Waals surface area contributed by atoms with Gasteiger partial charge in [0.2, 0.25) is 0 Å². The lowest BCUT2D eigenvalue weighted by atomic mass is 9.77. The largest absolute Gasteiger partial charge is 0.487 e. The maximum absolute atomic E-state index is 11.5. The summed E-state index contributed by atoms with van der Waals surface area (Å²) in [5.74, 6) is 0.660. The molecule has 4 aromatic rings. The number of rotatable bonds is 8. The molecule has 1 aromatic heterocycles. The molecule has 3 aromatic carbocycles. The van der Waals surface area contributed by atoms with E-state index in [1.54, 1.807) is 18.2 Å². The molecule has 0 spiro atoms. The minimum Gasteiger partial charge on any atom is -0.487 e. The number of hydrogen-bond acceptors (Lipinski definition) is 6. The Balaban J connectivity index is 1.53. The van der Waals surface area contributed by atoms with Crippen LogP contribution in [0.2, 0.25) is 10.0 Å². The van der Waals surface area contributed by atoms with Crippen molar-refractivity contribution in [3.63, 3.8) is 0 Å². The lowest BCUT2D eigenvalue weighted by Crippen LogP contribution is -2.19. The molecule has 0 radical (unpaired) electrons. The van der Waals surface area contributed by atoms with Crippen LogP contribution in [0, 0.1) is 11.3 Å². The van der Waals surface area contributed by atoms with Gasteiger partial charge in [-0.2, -0.15) is 5.26 Å². The Morgan fingerprint density at radius 1 is 0.974 bits per heavy atom. The van der Waals surface area contributed by atoms with Crippen molar-refractivity contribution in [1.82, 2.24) is 9.97 Å². The van der Waals surface area contributed by atoms with Gasteiger partial charge in [0.05, 0.1) is 22.3 Å². The Hall–Kier alpha value is -3.44. The van der Waals surface area contributed by atoms with Crippen molar-refractivity contribution < 1.29 is 13.2 Å². The van der Waals surface area contributed by atoms with E-state index in [0.29, 0.717) is 32.6 Å². The molecule has 6 nitrogen and oxygen atoms in total. The van der Waals surface area contributed by atoms with Crippen molar-refractivity contribution in [2.24, 2.45) is 0 Å². The van der Waals surface area contributed by atoms with E-state index >= 15 is 0 Å². The first kappa shape index (κ1) is 27.6. The van der Waals surface area contributed by atoms with Gasteiger partial charge in [-0.05, 0) is 59.2 Å². The van der Waals surface area contributed by atoms with Crippen LogP contribution >= 0.6 is 23.2 Å². The monoisotopic (exact) mass is 565 g/mol. The molecule has 9 heteroatoms. The lowest BCUT2D eigenvalue weighted by molar-refractivity contribution is 0.300. The zero-order valence-electron chi connectivity index (χ0n) is 21.1. The molecule has 0 saturated carbocycles. The molecule has 0 N–H and O–H groups in total. The Morgan fingerprint density at radius 3 is 2.29 bits per heavy atom. The van der Waals surface area contributed by atoms with Gasteiger partial charge in [-0.3, -0.25) is 0 Å². The number of hydrogen-bond donors (Lipinski definition) is 0. The number of ether oxygens (including phenoxy) is 1. The number of aromatic nitrogens is 2. The lowest BCUT2D eigenvalue weighted by Gasteiger charge is -2.27. The van der Waals surface area contributed by atoms with Crippen LogP contribution in [0.15, 0.2) is 72.9 Å². The van der Waals surface area contributed by atoms with Crippen molar-refractivity contribution in [1.29, 1.82) is 5.26 Å². The van der Waals surface area contributed by atoms with Gasteiger partial charge in [0.25, 0.3) is 0 Å². The summed E-state index contributed by atoms with van der Waals surface area (Å²) in [5.41, 5.74) is 4.06. The third-order valence-electron chi connectivity index (χ3n) is 6.18. The summed E-state index contributed by atoms with van der Waals surface area (Å²) in [6, 6.07) is 22.7. The third-order valence-corrected chi connectivity index (χ3v) is 7.52. The van der Waals surface area contributed by atoms with Gasteiger partial charge in [0.15, 0.2) is 9.84 Å². The molecule has 0 unspecified atom stereocenters. The van der Waals surface area contributed by atoms with Crippen LogP contribution in [-0.4, -0.2) is 24.6 Å². The fourth-order valence-corrected chi connectivity index (χ4v) is 5.15. The highest BCUT2D eigenvalue weighted by molar-refractivity contribution is 7.89. The number of nitriles is 1. The molecule has 0 aliphatic rings. The SMILES string of the molecule is CC(C)(c1ccc(OCc2ccnc(CS(C)(=O)=O)n2)cc1)c1cc(Cl)c(-c2ccc(Cl)cc2)c(C#N)c1. The standard InChI is InChI=1S/C29H25Cl2N3O3S/c1-29(2,22-14-20(16-32)28(26(31)15-22)19-4-8-23(30)9-5-19)21-6-10-25(11-7-21)37-17-24-12-13-33-27(34-24)18-38(3,35)36/h4-15H,17-18H2,1-3H3. The summed E-state index contributed by atoms with van der Waals surface area (Å²) >= 11 is 12.7. The fraction of sp³-hybridized carbons (Fsp3) is 0.207. The predicted molar refractivity (Wildman–Crippen MR) is 150 cm³/mol. The van der Waals surface area contributed by atoms with Crippen LogP contribution < -0.4 is 4.74 Å². The second-order valence-electron chi connectivity index (χ2n) is 9.47. The van der Waals surface area contributed by atoms with E-state index in [0.717, 1.165) is 22.9 Å². The fourth-order valence-electron chi connectivity index (χ4n) is 4.08. The normalized spacial score (nSPS) is 11.7. The van der Waals surface area contributed by atoms with E-state index in [1.807, 2.05) is 48.5 Å². The van der Waals surface area contributed by atoms with Crippen LogP contribution in [-0.2, 0) is 27.6 Å². The summed E-state index contributed by atoms with van der Waals surface area (Å²) in [6.45, 7) is 4.32. The molecule has 4 rings (SSSR count). The molecule has 38 heavy (non-hydrogen) atoms. The molecule has 0 bridgehead atoms. The van der Waals surface area contributed by atoms with Gasteiger partial charge in [0.1, 0.15) is 23.9 Å². The summed E-state index contributed by atoms with van der Waals surface area (Å²) in [4.78, 5) is 8.28. The van der Waals surface area contributed by atoms with Crippen molar-refractivity contribution in [2.45, 2.75) is 31.6 Å². The average molecular weight is 567 g/mol. The van der Waals surface area contributed by atoms with Gasteiger partial charge in [0, 0.05) is 28.5 Å². The first-order valence-corrected chi connectivity index (χ1v) is 14.5. The highest BCUT2D eigenvalue weighted by Gasteiger charge is 2.26. The maximum atomic E-state index is 11.5. The number of halogens is 2. The first-order chi connectivity index (χ1) is 18.0. The van der Waals surface area contributed by atoms with E-state index in [1.165, 1.54) is 6.20 Å². The molecular formula is C29H25Cl2N3O3S. The smallest absolute Gasteiger partial charge is 0.154 e. The Bertz CT molecular complexity index is 1610. The van der Waals surface area contributed by atoms with Gasteiger partial charge in [-0.1, -0.05) is 61.3 Å². The zero-order chi connectivity index (χ0) is 27.5. The Kier molecular flexibility index (Phi) is 8.08. The minimum absolute atomic E-state index is 0.176. The molecule has 0 aliphatic carbocycles. The van der Waals surface area contributed by atoms with Crippen molar-refractivity contribution >= 4 is 33.0 Å². The first-order valence-electron chi connectivity index (χ1n) is 11.7. The second-order valence-corrected chi connectivity index (χ2v) is 12.5. The summed E-state index contributed by atoms with van der Waals surface area (Å²) in [7, 11) is -3.22. The van der Waals surface area contributed by atoms with Crippen molar-refractivity contribution in [3.8, 4) is 22.9 Å². The van der Waals surface area contributed by atoms with E-state index in [9.17, 15) is 13.7 Å². The van der Waals surface area contributed by atoms with Gasteiger partial charge < -0.3 is 4.74 Å². The maximum Gasteiger partial charge on any atom is 0.154 e. The number of nitrogens with zero attached hydrogens (tertiary/aromatic N) is 3. The average Bonchev–Trinajstić information content (AvgIpc) is 2.87. The molecular weight excluding hydrogens is 541 g/mol. The van der Waals surface area contributed by atoms with Crippen LogP contribution in [0.25, 0.3) is 11.1 Å². The molecule has 0 fully saturated rings. The molecule has 0 saturated heterocycles. The quantitative estimate of drug-likeness (QED) is 0.234.